The summed E-state index contributed by atoms with van der Waals surface area (Å²) in [6, 6.07) is 5.68. The molecule has 18 heavy (non-hydrogen) atoms. The van der Waals surface area contributed by atoms with E-state index in [1.54, 1.807) is 11.8 Å². The van der Waals surface area contributed by atoms with Crippen molar-refractivity contribution in [2.24, 2.45) is 5.41 Å². The molecule has 1 saturated carbocycles. The molecule has 0 aromatic carbocycles. The predicted octanol–water partition coefficient (Wildman–Crippen LogP) is 2.83. The standard InChI is InChI=1S/C13H17NO3S/c1-2-17-10-4-3-5-11(14-10)18-9-13(6-7-13)8-12(15)16/h3-5H,2,6-9H2,1H3,(H,15,16). The number of aromatic nitrogens is 1. The average Bonchev–Trinajstić information content (AvgIpc) is 3.07. The van der Waals surface area contributed by atoms with Crippen LogP contribution in [-0.2, 0) is 4.79 Å². The zero-order valence-corrected chi connectivity index (χ0v) is 11.2. The first-order valence-corrected chi connectivity index (χ1v) is 7.07. The zero-order valence-electron chi connectivity index (χ0n) is 10.4. The molecule has 1 aromatic heterocycles. The van der Waals surface area contributed by atoms with Crippen LogP contribution in [0.2, 0.25) is 0 Å². The van der Waals surface area contributed by atoms with E-state index in [1.807, 2.05) is 25.1 Å². The number of hydrogen-bond donors (Lipinski definition) is 1. The highest BCUT2D eigenvalue weighted by molar-refractivity contribution is 7.99. The van der Waals surface area contributed by atoms with E-state index in [-0.39, 0.29) is 11.8 Å². The molecule has 0 radical (unpaired) electrons. The van der Waals surface area contributed by atoms with Crippen molar-refractivity contribution in [3.63, 3.8) is 0 Å². The summed E-state index contributed by atoms with van der Waals surface area (Å²) in [7, 11) is 0. The van der Waals surface area contributed by atoms with Crippen LogP contribution in [-0.4, -0.2) is 28.4 Å². The Kier molecular flexibility index (Phi) is 4.11. The molecule has 4 nitrogen and oxygen atoms in total. The van der Waals surface area contributed by atoms with Gasteiger partial charge in [-0.1, -0.05) is 6.07 Å². The molecule has 98 valence electrons. The molecule has 1 N–H and O–H groups in total. The normalized spacial score (nSPS) is 16.3. The van der Waals surface area contributed by atoms with Gasteiger partial charge < -0.3 is 9.84 Å². The number of carboxylic acid groups (broad SMARTS) is 1. The molecule has 1 heterocycles. The highest BCUT2D eigenvalue weighted by atomic mass is 32.2. The number of pyridine rings is 1. The van der Waals surface area contributed by atoms with E-state index in [9.17, 15) is 4.79 Å². The van der Waals surface area contributed by atoms with Crippen LogP contribution in [0.4, 0.5) is 0 Å². The van der Waals surface area contributed by atoms with Gasteiger partial charge in [-0.25, -0.2) is 4.98 Å². The molecule has 1 aliphatic rings. The van der Waals surface area contributed by atoms with Crippen molar-refractivity contribution in [2.45, 2.75) is 31.2 Å². The number of thioether (sulfide) groups is 1. The van der Waals surface area contributed by atoms with Gasteiger partial charge in [0.25, 0.3) is 0 Å². The molecule has 1 aliphatic carbocycles. The van der Waals surface area contributed by atoms with E-state index in [0.717, 1.165) is 23.6 Å². The minimum absolute atomic E-state index is 0.000200. The average molecular weight is 267 g/mol. The number of rotatable bonds is 7. The molecule has 1 aromatic rings. The summed E-state index contributed by atoms with van der Waals surface area (Å²) in [5.74, 6) is 0.747. The molecule has 0 bridgehead atoms. The molecule has 0 unspecified atom stereocenters. The molecule has 0 saturated heterocycles. The predicted molar refractivity (Wildman–Crippen MR) is 70.0 cm³/mol. The number of aliphatic carboxylic acids is 1. The smallest absolute Gasteiger partial charge is 0.303 e. The Morgan fingerprint density at radius 1 is 1.56 bits per heavy atom. The Hall–Kier alpha value is -1.23. The quantitative estimate of drug-likeness (QED) is 0.770. The summed E-state index contributed by atoms with van der Waals surface area (Å²) in [6.45, 7) is 2.53. The third kappa shape index (κ3) is 3.63. The van der Waals surface area contributed by atoms with Gasteiger partial charge >= 0.3 is 5.97 Å². The van der Waals surface area contributed by atoms with Gasteiger partial charge in [-0.3, -0.25) is 4.79 Å². The molecule has 0 atom stereocenters. The van der Waals surface area contributed by atoms with Crippen molar-refractivity contribution in [2.75, 3.05) is 12.4 Å². The van der Waals surface area contributed by atoms with Gasteiger partial charge in [0.05, 0.1) is 13.0 Å². The summed E-state index contributed by atoms with van der Waals surface area (Å²) < 4.78 is 5.34. The summed E-state index contributed by atoms with van der Waals surface area (Å²) in [5.41, 5.74) is -0.000200. The topological polar surface area (TPSA) is 59.4 Å². The summed E-state index contributed by atoms with van der Waals surface area (Å²) in [5, 5.41) is 9.76. The highest BCUT2D eigenvalue weighted by Crippen LogP contribution is 2.51. The molecule has 5 heteroatoms. The van der Waals surface area contributed by atoms with Crippen LogP contribution in [0, 0.1) is 5.41 Å². The van der Waals surface area contributed by atoms with Crippen molar-refractivity contribution in [1.82, 2.24) is 4.98 Å². The van der Waals surface area contributed by atoms with Gasteiger partial charge in [-0.2, -0.15) is 0 Å². The van der Waals surface area contributed by atoms with Crippen molar-refractivity contribution in [3.8, 4) is 5.88 Å². The second-order valence-corrected chi connectivity index (χ2v) is 5.60. The minimum atomic E-state index is -0.705. The van der Waals surface area contributed by atoms with Gasteiger partial charge in [0, 0.05) is 11.8 Å². The molecular weight excluding hydrogens is 250 g/mol. The number of carbonyl (C=O) groups is 1. The van der Waals surface area contributed by atoms with E-state index in [1.165, 1.54) is 0 Å². The third-order valence-corrected chi connectivity index (χ3v) is 4.28. The van der Waals surface area contributed by atoms with Crippen LogP contribution >= 0.6 is 11.8 Å². The second-order valence-electron chi connectivity index (χ2n) is 4.61. The van der Waals surface area contributed by atoms with Crippen molar-refractivity contribution >= 4 is 17.7 Å². The molecule has 2 rings (SSSR count). The van der Waals surface area contributed by atoms with Crippen molar-refractivity contribution in [1.29, 1.82) is 0 Å². The SMILES string of the molecule is CCOc1cccc(SCC2(CC(=O)O)CC2)n1. The van der Waals surface area contributed by atoms with Gasteiger partial charge in [-0.05, 0) is 31.2 Å². The monoisotopic (exact) mass is 267 g/mol. The lowest BCUT2D eigenvalue weighted by Crippen LogP contribution is -2.11. The van der Waals surface area contributed by atoms with Crippen LogP contribution in [0.25, 0.3) is 0 Å². The first-order valence-electron chi connectivity index (χ1n) is 6.08. The molecular formula is C13H17NO3S. The van der Waals surface area contributed by atoms with Gasteiger partial charge in [0.1, 0.15) is 5.03 Å². The number of nitrogens with zero attached hydrogens (tertiary/aromatic N) is 1. The van der Waals surface area contributed by atoms with Gasteiger partial charge in [0.15, 0.2) is 0 Å². The first-order chi connectivity index (χ1) is 8.63. The Morgan fingerprint density at radius 2 is 2.33 bits per heavy atom. The fourth-order valence-electron chi connectivity index (χ4n) is 1.80. The van der Waals surface area contributed by atoms with Gasteiger partial charge in [0.2, 0.25) is 5.88 Å². The summed E-state index contributed by atoms with van der Waals surface area (Å²) >= 11 is 1.62. The molecule has 0 spiro atoms. The summed E-state index contributed by atoms with van der Waals surface area (Å²) in [6.07, 6.45) is 2.29. The fraction of sp³-hybridized carbons (Fsp3) is 0.538. The maximum absolute atomic E-state index is 10.8. The maximum Gasteiger partial charge on any atom is 0.303 e. The lowest BCUT2D eigenvalue weighted by atomic mass is 10.1. The van der Waals surface area contributed by atoms with E-state index in [2.05, 4.69) is 4.98 Å². The lowest BCUT2D eigenvalue weighted by Gasteiger charge is -2.11. The van der Waals surface area contributed by atoms with Gasteiger partial charge in [-0.15, -0.1) is 11.8 Å². The van der Waals surface area contributed by atoms with E-state index < -0.39 is 5.97 Å². The Labute approximate surface area is 111 Å². The van der Waals surface area contributed by atoms with Crippen LogP contribution in [0.1, 0.15) is 26.2 Å². The Morgan fingerprint density at radius 3 is 2.94 bits per heavy atom. The largest absolute Gasteiger partial charge is 0.481 e. The number of ether oxygens (including phenoxy) is 1. The Balaban J connectivity index is 1.90. The van der Waals surface area contributed by atoms with Crippen LogP contribution in [0.15, 0.2) is 23.2 Å². The molecule has 0 amide bonds. The zero-order chi connectivity index (χ0) is 13.0. The summed E-state index contributed by atoms with van der Waals surface area (Å²) in [4.78, 5) is 15.1. The van der Waals surface area contributed by atoms with Crippen LogP contribution < -0.4 is 4.74 Å². The Bertz CT molecular complexity index is 432. The van der Waals surface area contributed by atoms with E-state index in [4.69, 9.17) is 9.84 Å². The third-order valence-electron chi connectivity index (χ3n) is 3.00. The van der Waals surface area contributed by atoms with Crippen LogP contribution in [0.5, 0.6) is 5.88 Å². The lowest BCUT2D eigenvalue weighted by molar-refractivity contribution is -0.138. The first kappa shape index (κ1) is 13.2. The highest BCUT2D eigenvalue weighted by Gasteiger charge is 2.44. The maximum atomic E-state index is 10.8. The number of carboxylic acids is 1. The van der Waals surface area contributed by atoms with Crippen molar-refractivity contribution in [3.05, 3.63) is 18.2 Å². The minimum Gasteiger partial charge on any atom is -0.481 e. The second kappa shape index (κ2) is 5.61. The van der Waals surface area contributed by atoms with E-state index in [0.29, 0.717) is 12.5 Å². The number of hydrogen-bond acceptors (Lipinski definition) is 4. The molecule has 0 aliphatic heterocycles. The molecule has 1 fully saturated rings. The van der Waals surface area contributed by atoms with Crippen molar-refractivity contribution < 1.29 is 14.6 Å². The fourth-order valence-corrected chi connectivity index (χ4v) is 2.98. The van der Waals surface area contributed by atoms with Crippen LogP contribution in [0.3, 0.4) is 0 Å². The van der Waals surface area contributed by atoms with E-state index >= 15 is 0 Å².